The molecule has 0 spiro atoms. The van der Waals surface area contributed by atoms with Crippen LogP contribution in [-0.4, -0.2) is 38.0 Å². The second kappa shape index (κ2) is 5.28. The lowest BCUT2D eigenvalue weighted by atomic mass is 9.91. The molecule has 1 heterocycles. The van der Waals surface area contributed by atoms with Crippen molar-refractivity contribution in [1.82, 2.24) is 5.32 Å². The summed E-state index contributed by atoms with van der Waals surface area (Å²) in [7, 11) is 1.83. The van der Waals surface area contributed by atoms with E-state index in [9.17, 15) is 0 Å². The molecule has 0 aromatic rings. The molecule has 1 N–H and O–H groups in total. The first kappa shape index (κ1) is 11.4. The van der Waals surface area contributed by atoms with E-state index in [1.165, 1.54) is 25.7 Å². The van der Waals surface area contributed by atoms with Crippen LogP contribution in [0.15, 0.2) is 0 Å². The summed E-state index contributed by atoms with van der Waals surface area (Å²) in [6, 6.07) is 1.07. The van der Waals surface area contributed by atoms with Crippen molar-refractivity contribution in [3.05, 3.63) is 0 Å². The van der Waals surface area contributed by atoms with E-state index in [4.69, 9.17) is 9.47 Å². The van der Waals surface area contributed by atoms with Crippen molar-refractivity contribution >= 4 is 0 Å². The van der Waals surface area contributed by atoms with E-state index in [-0.39, 0.29) is 0 Å². The van der Waals surface area contributed by atoms with Crippen LogP contribution in [0.5, 0.6) is 0 Å². The molecule has 3 heteroatoms. The highest BCUT2D eigenvalue weighted by Gasteiger charge is 2.31. The normalized spacial score (nSPS) is 42.0. The minimum atomic E-state index is 0.365. The van der Waals surface area contributed by atoms with Crippen LogP contribution >= 0.6 is 0 Å². The van der Waals surface area contributed by atoms with Crippen molar-refractivity contribution in [3.8, 4) is 0 Å². The maximum atomic E-state index is 5.57. The summed E-state index contributed by atoms with van der Waals surface area (Å²) in [5, 5.41) is 3.72. The summed E-state index contributed by atoms with van der Waals surface area (Å²) in [6.45, 7) is 3.07. The van der Waals surface area contributed by atoms with Crippen molar-refractivity contribution in [3.63, 3.8) is 0 Å². The van der Waals surface area contributed by atoms with Crippen LogP contribution in [-0.2, 0) is 9.47 Å². The van der Waals surface area contributed by atoms with Crippen LogP contribution in [0.4, 0.5) is 0 Å². The molecule has 1 saturated heterocycles. The van der Waals surface area contributed by atoms with Gasteiger partial charge in [0.25, 0.3) is 0 Å². The van der Waals surface area contributed by atoms with E-state index < -0.39 is 0 Å². The van der Waals surface area contributed by atoms with Gasteiger partial charge in [-0.2, -0.15) is 0 Å². The molecule has 1 aliphatic carbocycles. The number of hydrogen-bond acceptors (Lipinski definition) is 3. The molecule has 0 aromatic carbocycles. The molecule has 15 heavy (non-hydrogen) atoms. The highest BCUT2D eigenvalue weighted by atomic mass is 16.5. The van der Waals surface area contributed by atoms with Crippen molar-refractivity contribution in [2.24, 2.45) is 0 Å². The van der Waals surface area contributed by atoms with E-state index in [0.29, 0.717) is 24.3 Å². The first-order valence-electron chi connectivity index (χ1n) is 6.21. The fraction of sp³-hybridized carbons (Fsp3) is 1.00. The molecular formula is C12H23NO2. The Labute approximate surface area is 92.5 Å². The maximum absolute atomic E-state index is 5.57. The number of methoxy groups -OCH3 is 1. The Morgan fingerprint density at radius 3 is 2.60 bits per heavy atom. The molecule has 0 bridgehead atoms. The molecule has 2 fully saturated rings. The topological polar surface area (TPSA) is 30.5 Å². The van der Waals surface area contributed by atoms with Crippen LogP contribution < -0.4 is 5.32 Å². The largest absolute Gasteiger partial charge is 0.380 e. The molecule has 88 valence electrons. The predicted octanol–water partition coefficient (Wildman–Crippen LogP) is 1.71. The predicted molar refractivity (Wildman–Crippen MR) is 60.0 cm³/mol. The van der Waals surface area contributed by atoms with Crippen molar-refractivity contribution in [2.75, 3.05) is 13.7 Å². The van der Waals surface area contributed by atoms with Crippen LogP contribution in [0.3, 0.4) is 0 Å². The monoisotopic (exact) mass is 213 g/mol. The second-order valence-corrected chi connectivity index (χ2v) is 4.80. The molecule has 1 saturated carbocycles. The molecule has 0 aromatic heterocycles. The zero-order chi connectivity index (χ0) is 10.7. The molecule has 2 rings (SSSR count). The highest BCUT2D eigenvalue weighted by Crippen LogP contribution is 2.23. The van der Waals surface area contributed by atoms with Gasteiger partial charge in [0.15, 0.2) is 0 Å². The molecular weight excluding hydrogens is 190 g/mol. The molecule has 0 amide bonds. The molecule has 1 aliphatic heterocycles. The molecule has 4 atom stereocenters. The third kappa shape index (κ3) is 2.71. The van der Waals surface area contributed by atoms with Gasteiger partial charge in [-0.15, -0.1) is 0 Å². The lowest BCUT2D eigenvalue weighted by molar-refractivity contribution is 0.0319. The standard InChI is InChI=1S/C12H23NO2/c1-9-10(7-8-15-9)13-11-5-3-4-6-12(11)14-2/h9-13H,3-8H2,1-2H3. The molecule has 0 radical (unpaired) electrons. The van der Waals surface area contributed by atoms with Gasteiger partial charge in [-0.25, -0.2) is 0 Å². The summed E-state index contributed by atoms with van der Waals surface area (Å²) in [6.07, 6.45) is 7.02. The van der Waals surface area contributed by atoms with Crippen LogP contribution in [0.2, 0.25) is 0 Å². The van der Waals surface area contributed by atoms with E-state index in [2.05, 4.69) is 12.2 Å². The van der Waals surface area contributed by atoms with E-state index >= 15 is 0 Å². The van der Waals surface area contributed by atoms with Gasteiger partial charge in [0.2, 0.25) is 0 Å². The van der Waals surface area contributed by atoms with Crippen LogP contribution in [0.1, 0.15) is 39.0 Å². The minimum Gasteiger partial charge on any atom is -0.380 e. The number of ether oxygens (including phenoxy) is 2. The van der Waals surface area contributed by atoms with Gasteiger partial charge >= 0.3 is 0 Å². The van der Waals surface area contributed by atoms with Crippen molar-refractivity contribution in [2.45, 2.75) is 63.3 Å². The van der Waals surface area contributed by atoms with Gasteiger partial charge in [-0.1, -0.05) is 12.8 Å². The van der Waals surface area contributed by atoms with Crippen molar-refractivity contribution in [1.29, 1.82) is 0 Å². The Morgan fingerprint density at radius 1 is 1.13 bits per heavy atom. The Bertz CT molecular complexity index is 198. The summed E-state index contributed by atoms with van der Waals surface area (Å²) in [5.41, 5.74) is 0. The third-order valence-corrected chi connectivity index (χ3v) is 3.81. The molecule has 4 unspecified atom stereocenters. The SMILES string of the molecule is COC1CCCCC1NC1CCOC1C. The fourth-order valence-electron chi connectivity index (χ4n) is 2.80. The minimum absolute atomic E-state index is 0.365. The van der Waals surface area contributed by atoms with E-state index in [1.807, 2.05) is 7.11 Å². The van der Waals surface area contributed by atoms with Crippen LogP contribution in [0, 0.1) is 0 Å². The number of nitrogens with one attached hydrogen (secondary N) is 1. The van der Waals surface area contributed by atoms with Gasteiger partial charge in [-0.3, -0.25) is 0 Å². The average molecular weight is 213 g/mol. The second-order valence-electron chi connectivity index (χ2n) is 4.80. The molecule has 3 nitrogen and oxygen atoms in total. The van der Waals surface area contributed by atoms with E-state index in [1.54, 1.807) is 0 Å². The van der Waals surface area contributed by atoms with Gasteiger partial charge in [-0.05, 0) is 26.2 Å². The van der Waals surface area contributed by atoms with Gasteiger partial charge in [0.05, 0.1) is 12.2 Å². The van der Waals surface area contributed by atoms with Gasteiger partial charge < -0.3 is 14.8 Å². The van der Waals surface area contributed by atoms with Crippen LogP contribution in [0.25, 0.3) is 0 Å². The molecule has 2 aliphatic rings. The smallest absolute Gasteiger partial charge is 0.0724 e. The highest BCUT2D eigenvalue weighted by molar-refractivity contribution is 4.88. The third-order valence-electron chi connectivity index (χ3n) is 3.81. The van der Waals surface area contributed by atoms with E-state index in [0.717, 1.165) is 13.0 Å². The number of hydrogen-bond donors (Lipinski definition) is 1. The average Bonchev–Trinajstić information content (AvgIpc) is 2.65. The summed E-state index contributed by atoms with van der Waals surface area (Å²) < 4.78 is 11.1. The first-order valence-corrected chi connectivity index (χ1v) is 6.21. The zero-order valence-electron chi connectivity index (χ0n) is 9.87. The lowest BCUT2D eigenvalue weighted by Crippen LogP contribution is -2.49. The maximum Gasteiger partial charge on any atom is 0.0724 e. The van der Waals surface area contributed by atoms with Gasteiger partial charge in [0, 0.05) is 25.8 Å². The quantitative estimate of drug-likeness (QED) is 0.774. The lowest BCUT2D eigenvalue weighted by Gasteiger charge is -2.34. The Morgan fingerprint density at radius 2 is 1.93 bits per heavy atom. The van der Waals surface area contributed by atoms with Gasteiger partial charge in [0.1, 0.15) is 0 Å². The summed E-state index contributed by atoms with van der Waals surface area (Å²) >= 11 is 0. The Hall–Kier alpha value is -0.120. The van der Waals surface area contributed by atoms with Crippen molar-refractivity contribution < 1.29 is 9.47 Å². The first-order chi connectivity index (χ1) is 7.31. The Balaban J connectivity index is 1.85. The summed E-state index contributed by atoms with van der Waals surface area (Å²) in [4.78, 5) is 0. The summed E-state index contributed by atoms with van der Waals surface area (Å²) in [5.74, 6) is 0. The zero-order valence-corrected chi connectivity index (χ0v) is 9.87. The Kier molecular flexibility index (Phi) is 4.00. The fourth-order valence-corrected chi connectivity index (χ4v) is 2.80. The number of rotatable bonds is 3.